The summed E-state index contributed by atoms with van der Waals surface area (Å²) >= 11 is 28.2. The first kappa shape index (κ1) is 77.6. The Balaban J connectivity index is 0.000000140. The summed E-state index contributed by atoms with van der Waals surface area (Å²) in [5, 5.41) is 12.7. The molecule has 3 aromatic heterocycles. The van der Waals surface area contributed by atoms with Gasteiger partial charge in [0.15, 0.2) is 6.10 Å². The minimum atomic E-state index is -0.688. The Morgan fingerprint density at radius 1 is 0.523 bits per heavy atom. The Labute approximate surface area is 669 Å². The highest BCUT2D eigenvalue weighted by atomic mass is 79.9. The van der Waals surface area contributed by atoms with Crippen molar-refractivity contribution in [2.24, 2.45) is 0 Å². The Morgan fingerprint density at radius 2 is 0.964 bits per heavy atom. The molecular formula is C84H82BrCl4N9O13. The molecule has 5 N–H and O–H groups in total. The molecule has 22 nitrogen and oxygen atoms in total. The van der Waals surface area contributed by atoms with Crippen LogP contribution in [0.5, 0.6) is 17.2 Å². The lowest BCUT2D eigenvalue weighted by Crippen LogP contribution is -2.42. The molecule has 0 saturated carbocycles. The highest BCUT2D eigenvalue weighted by molar-refractivity contribution is 9.10. The third kappa shape index (κ3) is 18.1. The molecule has 4 amide bonds. The first-order chi connectivity index (χ1) is 53.9. The zero-order valence-electron chi connectivity index (χ0n) is 61.1. The molecule has 27 heteroatoms. The molecule has 8 heterocycles. The molecule has 0 spiro atoms. The molecule has 0 aliphatic carbocycles. The van der Waals surface area contributed by atoms with Crippen LogP contribution in [-0.4, -0.2) is 157 Å². The maximum atomic E-state index is 13.5. The van der Waals surface area contributed by atoms with E-state index in [4.69, 9.17) is 84.3 Å². The van der Waals surface area contributed by atoms with Crippen molar-refractivity contribution < 1.29 is 61.9 Å². The number of amides is 4. The third-order valence-electron chi connectivity index (χ3n) is 20.3. The average molecular weight is 1650 g/mol. The monoisotopic (exact) mass is 1640 g/mol. The summed E-state index contributed by atoms with van der Waals surface area (Å²) in [6, 6.07) is 54.6. The van der Waals surface area contributed by atoms with E-state index >= 15 is 0 Å². The number of aromatic nitrogens is 3. The van der Waals surface area contributed by atoms with Crippen molar-refractivity contribution in [3.8, 4) is 17.2 Å². The smallest absolute Gasteiger partial charge is 0.490 e. The number of hydrogen-bond donors (Lipinski definition) is 5. The number of benzene rings is 8. The first-order valence-electron chi connectivity index (χ1n) is 36.9. The second-order valence-electron chi connectivity index (χ2n) is 27.3. The number of likely N-dealkylation sites (tertiary alicyclic amines) is 1. The van der Waals surface area contributed by atoms with Crippen LogP contribution >= 0.6 is 62.3 Å². The molecule has 2 saturated heterocycles. The van der Waals surface area contributed by atoms with Gasteiger partial charge in [0, 0.05) is 139 Å². The average Bonchev–Trinajstić information content (AvgIpc) is 1.64. The van der Waals surface area contributed by atoms with Crippen LogP contribution in [0.1, 0.15) is 101 Å². The van der Waals surface area contributed by atoms with Crippen LogP contribution in [0.3, 0.4) is 0 Å². The zero-order chi connectivity index (χ0) is 77.2. The molecule has 11 aromatic rings. The lowest BCUT2D eigenvalue weighted by Gasteiger charge is -2.35. The van der Waals surface area contributed by atoms with E-state index in [0.29, 0.717) is 103 Å². The van der Waals surface area contributed by atoms with Gasteiger partial charge in [-0.3, -0.25) is 14.7 Å². The molecule has 4 atom stereocenters. The van der Waals surface area contributed by atoms with Crippen LogP contribution in [0, 0.1) is 0 Å². The van der Waals surface area contributed by atoms with Gasteiger partial charge in [-0.15, -0.1) is 0 Å². The van der Waals surface area contributed by atoms with Gasteiger partial charge >= 0.3 is 30.5 Å². The fourth-order valence-corrected chi connectivity index (χ4v) is 15.9. The molecule has 0 radical (unpaired) electrons. The predicted molar refractivity (Wildman–Crippen MR) is 431 cm³/mol. The molecule has 8 aromatic carbocycles. The van der Waals surface area contributed by atoms with Gasteiger partial charge in [-0.05, 0) is 212 Å². The summed E-state index contributed by atoms with van der Waals surface area (Å²) < 4.78 is 43.7. The number of carbonyl (C=O) groups is 5. The SMILES string of the molecule is CCOC(=O)N1CCC(Nc2ccc(C3c4[nH]c5ccc(Cl)cc5c4CCN3C(=O)Oc3ccc(Cl)cc3)cc2)CC1.CCOC(=O)N1CCc2c([nH]c3ccc(Br)cc23)C1c1ccc(CNCCOC)cc1.O=C1OCC(COc2ccc(C3c4[nH]c5ccc(Cl)cc5c4CCN3C(=O)Oc3ccc(Cl)cc3)cc2)O1. The number of rotatable bonds is 17. The molecule has 576 valence electrons. The number of fused-ring (bicyclic) bond motifs is 9. The Morgan fingerprint density at radius 3 is 1.44 bits per heavy atom. The first-order valence-corrected chi connectivity index (χ1v) is 39.2. The number of ether oxygens (including phenoxy) is 8. The van der Waals surface area contributed by atoms with Gasteiger partial charge in [-0.1, -0.05) is 111 Å². The van der Waals surface area contributed by atoms with Gasteiger partial charge in [0.2, 0.25) is 0 Å². The van der Waals surface area contributed by atoms with Crippen LogP contribution in [0.2, 0.25) is 20.1 Å². The van der Waals surface area contributed by atoms with Gasteiger partial charge < -0.3 is 68.4 Å². The lowest BCUT2D eigenvalue weighted by atomic mass is 9.92. The molecule has 16 rings (SSSR count). The zero-order valence-corrected chi connectivity index (χ0v) is 65.7. The van der Waals surface area contributed by atoms with E-state index in [1.807, 2.05) is 97.6 Å². The Bertz CT molecular complexity index is 5140. The highest BCUT2D eigenvalue weighted by Crippen LogP contribution is 2.44. The summed E-state index contributed by atoms with van der Waals surface area (Å²) in [4.78, 5) is 80.6. The maximum Gasteiger partial charge on any atom is 0.508 e. The highest BCUT2D eigenvalue weighted by Gasteiger charge is 2.40. The van der Waals surface area contributed by atoms with E-state index in [9.17, 15) is 24.0 Å². The number of nitrogens with one attached hydrogen (secondary N) is 5. The quantitative estimate of drug-likeness (QED) is 0.0323. The van der Waals surface area contributed by atoms with Crippen molar-refractivity contribution in [2.45, 2.75) is 82.8 Å². The molecule has 111 heavy (non-hydrogen) atoms. The summed E-state index contributed by atoms with van der Waals surface area (Å²) in [6.07, 6.45) is 1.24. The van der Waals surface area contributed by atoms with Gasteiger partial charge in [-0.25, -0.2) is 24.0 Å². The molecule has 5 aliphatic heterocycles. The number of cyclic esters (lactones) is 2. The second-order valence-corrected chi connectivity index (χ2v) is 30.0. The molecule has 4 unspecified atom stereocenters. The van der Waals surface area contributed by atoms with E-state index in [2.05, 4.69) is 90.0 Å². The largest absolute Gasteiger partial charge is 0.508 e. The Kier molecular flexibility index (Phi) is 24.8. The van der Waals surface area contributed by atoms with Gasteiger partial charge in [0.05, 0.1) is 19.8 Å². The number of carbonyl (C=O) groups excluding carboxylic acids is 5. The number of methoxy groups -OCH3 is 1. The van der Waals surface area contributed by atoms with E-state index < -0.39 is 30.5 Å². The van der Waals surface area contributed by atoms with Crippen molar-refractivity contribution in [1.82, 2.24) is 39.9 Å². The van der Waals surface area contributed by atoms with E-state index in [0.717, 1.165) is 115 Å². The minimum Gasteiger partial charge on any atom is -0.490 e. The van der Waals surface area contributed by atoms with Crippen molar-refractivity contribution in [1.29, 1.82) is 0 Å². The number of H-pyrrole nitrogens is 3. The van der Waals surface area contributed by atoms with E-state index in [-0.39, 0.29) is 43.5 Å². The molecule has 0 bridgehead atoms. The van der Waals surface area contributed by atoms with Crippen LogP contribution in [0.15, 0.2) is 180 Å². The van der Waals surface area contributed by atoms with Crippen molar-refractivity contribution in [3.63, 3.8) is 0 Å². The summed E-state index contributed by atoms with van der Waals surface area (Å²) in [6.45, 7) is 9.92. The summed E-state index contributed by atoms with van der Waals surface area (Å²) in [5.41, 5.74) is 14.6. The van der Waals surface area contributed by atoms with Crippen LogP contribution in [0.4, 0.5) is 29.7 Å². The predicted octanol–water partition coefficient (Wildman–Crippen LogP) is 19.0. The van der Waals surface area contributed by atoms with Crippen LogP contribution in [-0.2, 0) is 49.5 Å². The summed E-state index contributed by atoms with van der Waals surface area (Å²) in [5.74, 6) is 1.45. The fourth-order valence-electron chi connectivity index (χ4n) is 15.0. The van der Waals surface area contributed by atoms with Crippen molar-refractivity contribution in [3.05, 3.63) is 257 Å². The maximum absolute atomic E-state index is 13.5. The van der Waals surface area contributed by atoms with Crippen molar-refractivity contribution in [2.75, 3.05) is 84.7 Å². The normalized spacial score (nSPS) is 17.3. The van der Waals surface area contributed by atoms with E-state index in [1.165, 1.54) is 16.5 Å². The van der Waals surface area contributed by atoms with Crippen LogP contribution in [0.25, 0.3) is 32.7 Å². The number of aromatic amines is 3. The minimum absolute atomic E-state index is 0.164. The van der Waals surface area contributed by atoms with Gasteiger partial charge in [-0.2, -0.15) is 0 Å². The number of anilines is 1. The standard InChI is InChI=1S/C32H32Cl2N4O4.C28H22Cl2N2O6.C24H28BrN3O3/c1-2-41-31(39)37-16-13-24(14-17-37)35-23-8-3-20(4-9-23)30-29-26(27-19-22(34)7-12-28(27)36-29)15-18-38(30)32(40)42-25-10-5-21(33)6-11-25;29-17-3-8-20(9-4-17)37-27(33)32-12-11-22-23-13-18(30)5-10-24(23)31-25(22)26(32)16-1-6-19(7-2-16)35-14-21-15-36-28(34)38-21;1-3-31-24(29)28-12-10-19-20-14-18(25)8-9-21(20)27-22(19)23(28)17-6-4-16(5-7-17)15-26-11-13-30-2/h3-12,19,24,30,35-36H,2,13-18H2,1H3;1-10,13,21,26,31H,11-12,14-15H2;4-9,14,23,26-27H,3,10-13,15H2,1-2H3. The molecule has 5 aliphatic rings. The number of nitrogens with zero attached hydrogens (tertiary/aromatic N) is 4. The fraction of sp³-hybridized carbons (Fsp3) is 0.298. The lowest BCUT2D eigenvalue weighted by molar-refractivity contribution is 0.0930. The van der Waals surface area contributed by atoms with E-state index in [1.54, 1.807) is 70.3 Å². The number of piperidine rings is 1. The Hall–Kier alpha value is -10.1. The van der Waals surface area contributed by atoms with Gasteiger partial charge in [0.1, 0.15) is 48.6 Å². The number of hydrogen-bond acceptors (Lipinski definition) is 15. The molecular weight excluding hydrogens is 1560 g/mol. The second kappa shape index (κ2) is 35.5. The van der Waals surface area contributed by atoms with Crippen molar-refractivity contribution >= 4 is 131 Å². The number of halogens is 5. The van der Waals surface area contributed by atoms with Gasteiger partial charge in [0.25, 0.3) is 0 Å². The summed E-state index contributed by atoms with van der Waals surface area (Å²) in [7, 11) is 1.70. The third-order valence-corrected chi connectivity index (χ3v) is 21.8. The van der Waals surface area contributed by atoms with Crippen LogP contribution < -0.4 is 24.8 Å². The topological polar surface area (TPSA) is 244 Å². The molecule has 2 fully saturated rings.